The summed E-state index contributed by atoms with van der Waals surface area (Å²) in [5.41, 5.74) is 2.57. The average Bonchev–Trinajstić information content (AvgIpc) is 2.75. The lowest BCUT2D eigenvalue weighted by Gasteiger charge is -2.29. The Labute approximate surface area is 196 Å². The van der Waals surface area contributed by atoms with E-state index in [1.54, 1.807) is 0 Å². The molecule has 6 heteroatoms. The second kappa shape index (κ2) is 11.0. The summed E-state index contributed by atoms with van der Waals surface area (Å²) in [5.74, 6) is 2.06. The molecule has 2 heterocycles. The summed E-state index contributed by atoms with van der Waals surface area (Å²) in [6.07, 6.45) is 7.75. The monoisotopic (exact) mass is 536 g/mol. The number of hydrogen-bond donors (Lipinski definition) is 0. The van der Waals surface area contributed by atoms with Gasteiger partial charge in [-0.05, 0) is 49.2 Å². The molecule has 0 bridgehead atoms. The molecule has 0 radical (unpaired) electrons. The SMILES string of the molecule is Brc1ccc2c(c1)CN(CCCCCCCCN1COc3ccc(Br)cc3C1)CO2. The Morgan fingerprint density at radius 3 is 1.53 bits per heavy atom. The third-order valence-corrected chi connectivity index (χ3v) is 6.82. The lowest BCUT2D eigenvalue weighted by molar-refractivity contribution is 0.0923. The Balaban J connectivity index is 1.05. The van der Waals surface area contributed by atoms with Gasteiger partial charge in [0.2, 0.25) is 0 Å². The lowest BCUT2D eigenvalue weighted by Crippen LogP contribution is -2.32. The normalized spacial score (nSPS) is 16.5. The fourth-order valence-corrected chi connectivity index (χ4v) is 5.00. The molecule has 0 spiro atoms. The molecule has 2 aliphatic rings. The topological polar surface area (TPSA) is 24.9 Å². The minimum Gasteiger partial charge on any atom is -0.478 e. The van der Waals surface area contributed by atoms with Crippen LogP contribution in [0.15, 0.2) is 45.3 Å². The van der Waals surface area contributed by atoms with Gasteiger partial charge in [0.05, 0.1) is 0 Å². The van der Waals surface area contributed by atoms with Gasteiger partial charge in [-0.1, -0.05) is 57.5 Å². The summed E-state index contributed by atoms with van der Waals surface area (Å²) < 4.78 is 14.0. The number of unbranched alkanes of at least 4 members (excludes halogenated alkanes) is 5. The molecule has 0 amide bonds. The van der Waals surface area contributed by atoms with Crippen LogP contribution in [-0.2, 0) is 13.1 Å². The molecule has 4 nitrogen and oxygen atoms in total. The summed E-state index contributed by atoms with van der Waals surface area (Å²) >= 11 is 7.11. The number of halogens is 2. The zero-order valence-electron chi connectivity index (χ0n) is 17.4. The first-order valence-corrected chi connectivity index (χ1v) is 12.5. The fraction of sp³-hybridized carbons (Fsp3) is 0.500. The van der Waals surface area contributed by atoms with Gasteiger partial charge in [-0.25, -0.2) is 0 Å². The Kier molecular flexibility index (Phi) is 8.10. The molecule has 30 heavy (non-hydrogen) atoms. The molecule has 2 aromatic carbocycles. The molecule has 0 saturated heterocycles. The minimum absolute atomic E-state index is 0.715. The van der Waals surface area contributed by atoms with Crippen LogP contribution in [0.25, 0.3) is 0 Å². The first kappa shape index (κ1) is 22.1. The molecular weight excluding hydrogens is 508 g/mol. The molecule has 0 fully saturated rings. The predicted octanol–water partition coefficient (Wildman–Crippen LogP) is 6.56. The maximum atomic E-state index is 5.87. The van der Waals surface area contributed by atoms with E-state index < -0.39 is 0 Å². The summed E-state index contributed by atoms with van der Waals surface area (Å²) in [4.78, 5) is 4.81. The van der Waals surface area contributed by atoms with Crippen molar-refractivity contribution < 1.29 is 9.47 Å². The van der Waals surface area contributed by atoms with Crippen LogP contribution in [0.2, 0.25) is 0 Å². The zero-order chi connectivity index (χ0) is 20.8. The van der Waals surface area contributed by atoms with Gasteiger partial charge in [0.15, 0.2) is 0 Å². The molecule has 0 N–H and O–H groups in total. The van der Waals surface area contributed by atoms with Gasteiger partial charge in [-0.3, -0.25) is 9.80 Å². The predicted molar refractivity (Wildman–Crippen MR) is 128 cm³/mol. The molecule has 0 atom stereocenters. The number of benzene rings is 2. The molecule has 162 valence electrons. The number of ether oxygens (including phenoxy) is 2. The highest BCUT2D eigenvalue weighted by Gasteiger charge is 2.18. The van der Waals surface area contributed by atoms with Crippen LogP contribution in [0, 0.1) is 0 Å². The largest absolute Gasteiger partial charge is 0.478 e. The van der Waals surface area contributed by atoms with Crippen molar-refractivity contribution in [1.82, 2.24) is 9.80 Å². The average molecular weight is 538 g/mol. The highest BCUT2D eigenvalue weighted by Crippen LogP contribution is 2.29. The zero-order valence-corrected chi connectivity index (χ0v) is 20.6. The summed E-state index contributed by atoms with van der Waals surface area (Å²) in [7, 11) is 0. The molecule has 0 unspecified atom stereocenters. The van der Waals surface area contributed by atoms with E-state index in [1.807, 2.05) is 12.1 Å². The molecule has 2 aromatic rings. The van der Waals surface area contributed by atoms with E-state index in [0.29, 0.717) is 13.5 Å². The van der Waals surface area contributed by atoms with Crippen molar-refractivity contribution in [2.45, 2.75) is 51.6 Å². The van der Waals surface area contributed by atoms with E-state index in [0.717, 1.165) is 46.6 Å². The van der Waals surface area contributed by atoms with Crippen molar-refractivity contribution in [1.29, 1.82) is 0 Å². The maximum Gasteiger partial charge on any atom is 0.142 e. The van der Waals surface area contributed by atoms with Gasteiger partial charge >= 0.3 is 0 Å². The molecule has 0 aliphatic carbocycles. The van der Waals surface area contributed by atoms with E-state index in [9.17, 15) is 0 Å². The van der Waals surface area contributed by atoms with Gasteiger partial charge < -0.3 is 9.47 Å². The third kappa shape index (κ3) is 6.22. The summed E-state index contributed by atoms with van der Waals surface area (Å²) in [5, 5.41) is 0. The Hall–Kier alpha value is -1.08. The molecular formula is C24H30Br2N2O2. The third-order valence-electron chi connectivity index (χ3n) is 5.84. The van der Waals surface area contributed by atoms with Crippen LogP contribution in [0.1, 0.15) is 49.7 Å². The molecule has 2 aliphatic heterocycles. The number of nitrogens with zero attached hydrogens (tertiary/aromatic N) is 2. The van der Waals surface area contributed by atoms with Crippen LogP contribution >= 0.6 is 31.9 Å². The molecule has 4 rings (SSSR count). The van der Waals surface area contributed by atoms with Gasteiger partial charge in [0.1, 0.15) is 25.0 Å². The van der Waals surface area contributed by atoms with Crippen molar-refractivity contribution in [3.8, 4) is 11.5 Å². The van der Waals surface area contributed by atoms with Crippen LogP contribution in [0.4, 0.5) is 0 Å². The summed E-state index contributed by atoms with van der Waals surface area (Å²) in [6, 6.07) is 12.6. The van der Waals surface area contributed by atoms with Crippen LogP contribution < -0.4 is 9.47 Å². The van der Waals surface area contributed by atoms with Gasteiger partial charge in [-0.2, -0.15) is 0 Å². The smallest absolute Gasteiger partial charge is 0.142 e. The first-order chi connectivity index (χ1) is 14.7. The minimum atomic E-state index is 0.715. The van der Waals surface area contributed by atoms with Crippen molar-refractivity contribution in [3.05, 3.63) is 56.5 Å². The maximum absolute atomic E-state index is 5.87. The number of fused-ring (bicyclic) bond motifs is 2. The lowest BCUT2D eigenvalue weighted by atomic mass is 10.1. The second-order valence-electron chi connectivity index (χ2n) is 8.28. The van der Waals surface area contributed by atoms with E-state index in [-0.39, 0.29) is 0 Å². The van der Waals surface area contributed by atoms with Crippen LogP contribution in [0.5, 0.6) is 11.5 Å². The highest BCUT2D eigenvalue weighted by atomic mass is 79.9. The van der Waals surface area contributed by atoms with E-state index in [2.05, 4.69) is 65.9 Å². The Bertz CT molecular complexity index is 776. The highest BCUT2D eigenvalue weighted by molar-refractivity contribution is 9.10. The van der Waals surface area contributed by atoms with E-state index >= 15 is 0 Å². The first-order valence-electron chi connectivity index (χ1n) is 10.9. The van der Waals surface area contributed by atoms with Crippen LogP contribution in [0.3, 0.4) is 0 Å². The molecule has 0 saturated carbocycles. The Morgan fingerprint density at radius 2 is 1.07 bits per heavy atom. The standard InChI is InChI=1S/C24H30Br2N2O2/c25-21-7-9-23-19(13-21)15-27(17-29-23)11-5-3-1-2-4-6-12-28-16-20-14-22(26)8-10-24(20)30-18-28/h7-10,13-14H,1-6,11-12,15-18H2. The van der Waals surface area contributed by atoms with E-state index in [4.69, 9.17) is 9.47 Å². The van der Waals surface area contributed by atoms with Gasteiger partial charge in [0, 0.05) is 46.3 Å². The van der Waals surface area contributed by atoms with Crippen molar-refractivity contribution in [2.24, 2.45) is 0 Å². The van der Waals surface area contributed by atoms with Crippen molar-refractivity contribution in [3.63, 3.8) is 0 Å². The molecule has 0 aromatic heterocycles. The Morgan fingerprint density at radius 1 is 0.633 bits per heavy atom. The number of rotatable bonds is 9. The number of hydrogen-bond acceptors (Lipinski definition) is 4. The second-order valence-corrected chi connectivity index (χ2v) is 10.1. The van der Waals surface area contributed by atoms with Crippen molar-refractivity contribution >= 4 is 31.9 Å². The van der Waals surface area contributed by atoms with Crippen molar-refractivity contribution in [2.75, 3.05) is 26.6 Å². The van der Waals surface area contributed by atoms with Crippen LogP contribution in [-0.4, -0.2) is 36.4 Å². The van der Waals surface area contributed by atoms with Gasteiger partial charge in [0.25, 0.3) is 0 Å². The summed E-state index contributed by atoms with van der Waals surface area (Å²) in [6.45, 7) is 5.65. The van der Waals surface area contributed by atoms with E-state index in [1.165, 1.54) is 49.7 Å². The fourth-order valence-electron chi connectivity index (χ4n) is 4.18. The quantitative estimate of drug-likeness (QED) is 0.338. The van der Waals surface area contributed by atoms with Gasteiger partial charge in [-0.15, -0.1) is 0 Å².